The second kappa shape index (κ2) is 9.54. The van der Waals surface area contributed by atoms with E-state index < -0.39 is 0 Å². The van der Waals surface area contributed by atoms with Gasteiger partial charge in [0, 0.05) is 25.0 Å². The lowest BCUT2D eigenvalue weighted by molar-refractivity contribution is -0.128. The fraction of sp³-hybridized carbons (Fsp3) is 0.435. The minimum Gasteiger partial charge on any atom is -0.493 e. The van der Waals surface area contributed by atoms with Crippen molar-refractivity contribution in [2.75, 3.05) is 26.5 Å². The Morgan fingerprint density at radius 2 is 2.03 bits per heavy atom. The number of benzene rings is 1. The van der Waals surface area contributed by atoms with E-state index in [4.69, 9.17) is 14.5 Å². The average molecular weight is 474 g/mol. The number of rotatable bonds is 8. The second-order valence-corrected chi connectivity index (χ2v) is 9.71. The number of fused-ring (bicyclic) bond motifs is 3. The van der Waals surface area contributed by atoms with E-state index in [2.05, 4.69) is 0 Å². The molecule has 170 valence electrons. The smallest absolute Gasteiger partial charge is 0.262 e. The van der Waals surface area contributed by atoms with E-state index in [1.807, 2.05) is 25.1 Å². The number of carbonyl (C=O) groups is 1. The average Bonchev–Trinajstić information content (AvgIpc) is 3.39. The summed E-state index contributed by atoms with van der Waals surface area (Å²) < 4.78 is 12.2. The Kier molecular flexibility index (Phi) is 6.76. The van der Waals surface area contributed by atoms with E-state index in [9.17, 15) is 9.59 Å². The molecule has 0 bridgehead atoms. The summed E-state index contributed by atoms with van der Waals surface area (Å²) in [6.07, 6.45) is 3.10. The molecule has 0 radical (unpaired) electrons. The third-order valence-electron chi connectivity index (χ3n) is 5.79. The Morgan fingerprint density at radius 3 is 2.75 bits per heavy atom. The maximum atomic E-state index is 13.0. The summed E-state index contributed by atoms with van der Waals surface area (Å²) >= 11 is 2.94. The number of thiophene rings is 1. The molecule has 0 atom stereocenters. The molecule has 1 amide bonds. The highest BCUT2D eigenvalue weighted by atomic mass is 32.2. The highest BCUT2D eigenvalue weighted by Gasteiger charge is 2.23. The highest BCUT2D eigenvalue weighted by Crippen LogP contribution is 2.35. The van der Waals surface area contributed by atoms with Crippen molar-refractivity contribution >= 4 is 39.2 Å². The Bertz CT molecular complexity index is 1220. The number of nitrogens with zero attached hydrogens (tertiary/aromatic N) is 3. The normalized spacial score (nSPS) is 12.8. The molecule has 0 aliphatic heterocycles. The first-order valence-corrected chi connectivity index (χ1v) is 12.4. The van der Waals surface area contributed by atoms with Gasteiger partial charge >= 0.3 is 0 Å². The molecule has 4 rings (SSSR count). The standard InChI is InChI=1S/C23H27N3O4S2/c1-5-26(12-14-9-10-16(29-3)17(11-14)30-4)19(27)13-31-23-24-21-20(22(28)25(23)2)15-7-6-8-18(15)32-21/h9-11H,5-8,12-13H2,1-4H3. The molecule has 0 fully saturated rings. The van der Waals surface area contributed by atoms with Crippen molar-refractivity contribution in [2.24, 2.45) is 7.05 Å². The Labute approximate surface area is 195 Å². The molecule has 32 heavy (non-hydrogen) atoms. The van der Waals surface area contributed by atoms with E-state index >= 15 is 0 Å². The van der Waals surface area contributed by atoms with Gasteiger partial charge in [0.05, 0.1) is 25.4 Å². The van der Waals surface area contributed by atoms with Crippen molar-refractivity contribution in [3.05, 3.63) is 44.6 Å². The van der Waals surface area contributed by atoms with Crippen LogP contribution in [0.3, 0.4) is 0 Å². The second-order valence-electron chi connectivity index (χ2n) is 7.68. The summed E-state index contributed by atoms with van der Waals surface area (Å²) in [6.45, 7) is 3.01. The number of aromatic nitrogens is 2. The maximum Gasteiger partial charge on any atom is 0.262 e. The van der Waals surface area contributed by atoms with Crippen LogP contribution in [0.2, 0.25) is 0 Å². The van der Waals surface area contributed by atoms with Crippen LogP contribution in [0.5, 0.6) is 11.5 Å². The van der Waals surface area contributed by atoms with Crippen LogP contribution in [0.1, 0.15) is 29.3 Å². The van der Waals surface area contributed by atoms with Crippen molar-refractivity contribution in [3.8, 4) is 11.5 Å². The number of amides is 1. The largest absolute Gasteiger partial charge is 0.493 e. The van der Waals surface area contributed by atoms with E-state index in [0.29, 0.717) is 29.7 Å². The molecule has 0 spiro atoms. The maximum absolute atomic E-state index is 13.0. The summed E-state index contributed by atoms with van der Waals surface area (Å²) in [5.74, 6) is 1.51. The molecular weight excluding hydrogens is 446 g/mol. The number of carbonyl (C=O) groups excluding carboxylic acids is 1. The molecular formula is C23H27N3O4S2. The van der Waals surface area contributed by atoms with Crippen LogP contribution in [0.15, 0.2) is 28.2 Å². The van der Waals surface area contributed by atoms with Crippen molar-refractivity contribution in [1.29, 1.82) is 0 Å². The number of aryl methyl sites for hydroxylation is 2. The van der Waals surface area contributed by atoms with Gasteiger partial charge in [-0.15, -0.1) is 11.3 Å². The SMILES string of the molecule is CCN(Cc1ccc(OC)c(OC)c1)C(=O)CSc1nc2sc3c(c2c(=O)n1C)CCC3. The van der Waals surface area contributed by atoms with Crippen LogP contribution in [-0.2, 0) is 31.2 Å². The molecule has 1 aromatic carbocycles. The monoisotopic (exact) mass is 473 g/mol. The molecule has 7 nitrogen and oxygen atoms in total. The van der Waals surface area contributed by atoms with Gasteiger partial charge in [0.25, 0.3) is 5.56 Å². The van der Waals surface area contributed by atoms with Gasteiger partial charge in [0.2, 0.25) is 5.91 Å². The summed E-state index contributed by atoms with van der Waals surface area (Å²) in [5, 5.41) is 1.35. The number of ether oxygens (including phenoxy) is 2. The molecule has 1 aliphatic rings. The van der Waals surface area contributed by atoms with Crippen LogP contribution >= 0.6 is 23.1 Å². The Balaban J connectivity index is 1.48. The van der Waals surface area contributed by atoms with E-state index in [0.717, 1.165) is 35.0 Å². The lowest BCUT2D eigenvalue weighted by atomic mass is 10.2. The minimum absolute atomic E-state index is 0.00435. The summed E-state index contributed by atoms with van der Waals surface area (Å²) in [4.78, 5) is 34.5. The summed E-state index contributed by atoms with van der Waals surface area (Å²) in [6, 6.07) is 5.66. The predicted molar refractivity (Wildman–Crippen MR) is 128 cm³/mol. The number of hydrogen-bond donors (Lipinski definition) is 0. The topological polar surface area (TPSA) is 73.7 Å². The van der Waals surface area contributed by atoms with Gasteiger partial charge in [-0.1, -0.05) is 17.8 Å². The van der Waals surface area contributed by atoms with Gasteiger partial charge in [0.1, 0.15) is 4.83 Å². The minimum atomic E-state index is -0.0120. The van der Waals surface area contributed by atoms with Crippen LogP contribution in [0, 0.1) is 0 Å². The van der Waals surface area contributed by atoms with Gasteiger partial charge in [-0.3, -0.25) is 14.2 Å². The molecule has 3 aromatic rings. The lowest BCUT2D eigenvalue weighted by Crippen LogP contribution is -2.32. The van der Waals surface area contributed by atoms with Gasteiger partial charge in [-0.2, -0.15) is 0 Å². The van der Waals surface area contributed by atoms with Crippen LogP contribution < -0.4 is 15.0 Å². The summed E-state index contributed by atoms with van der Waals surface area (Å²) in [5.41, 5.74) is 2.13. The molecule has 1 aliphatic carbocycles. The van der Waals surface area contributed by atoms with E-state index in [-0.39, 0.29) is 17.2 Å². The van der Waals surface area contributed by atoms with E-state index in [1.54, 1.807) is 42.1 Å². The summed E-state index contributed by atoms with van der Waals surface area (Å²) in [7, 11) is 4.93. The molecule has 0 saturated heterocycles. The van der Waals surface area contributed by atoms with Crippen molar-refractivity contribution in [1.82, 2.24) is 14.5 Å². The number of methoxy groups -OCH3 is 2. The van der Waals surface area contributed by atoms with Gasteiger partial charge in [-0.05, 0) is 49.4 Å². The first-order chi connectivity index (χ1) is 15.5. The van der Waals surface area contributed by atoms with E-state index in [1.165, 1.54) is 22.2 Å². The van der Waals surface area contributed by atoms with Gasteiger partial charge in [0.15, 0.2) is 16.7 Å². The third kappa shape index (κ3) is 4.23. The van der Waals surface area contributed by atoms with Crippen molar-refractivity contribution in [2.45, 2.75) is 37.9 Å². The molecule has 2 aromatic heterocycles. The van der Waals surface area contributed by atoms with Crippen LogP contribution in [0.25, 0.3) is 10.2 Å². The zero-order chi connectivity index (χ0) is 22.8. The molecule has 0 N–H and O–H groups in total. The quantitative estimate of drug-likeness (QED) is 0.367. The molecule has 0 unspecified atom stereocenters. The highest BCUT2D eigenvalue weighted by molar-refractivity contribution is 7.99. The Hall–Kier alpha value is -2.52. The fourth-order valence-corrected chi connectivity index (χ4v) is 6.21. The molecule has 9 heteroatoms. The third-order valence-corrected chi connectivity index (χ3v) is 7.99. The van der Waals surface area contributed by atoms with Crippen molar-refractivity contribution < 1.29 is 14.3 Å². The first-order valence-electron chi connectivity index (χ1n) is 10.6. The van der Waals surface area contributed by atoms with Gasteiger partial charge in [-0.25, -0.2) is 4.98 Å². The van der Waals surface area contributed by atoms with Gasteiger partial charge < -0.3 is 14.4 Å². The zero-order valence-corrected chi connectivity index (χ0v) is 20.4. The number of hydrogen-bond acceptors (Lipinski definition) is 7. The fourth-order valence-electron chi connectivity index (χ4n) is 4.03. The number of thioether (sulfide) groups is 1. The Morgan fingerprint density at radius 1 is 1.25 bits per heavy atom. The first kappa shape index (κ1) is 22.7. The van der Waals surface area contributed by atoms with Crippen LogP contribution in [0.4, 0.5) is 0 Å². The zero-order valence-electron chi connectivity index (χ0n) is 18.8. The van der Waals surface area contributed by atoms with Crippen LogP contribution in [-0.4, -0.2) is 46.9 Å². The molecule has 2 heterocycles. The molecule has 0 saturated carbocycles. The lowest BCUT2D eigenvalue weighted by Gasteiger charge is -2.21. The predicted octanol–water partition coefficient (Wildman–Crippen LogP) is 3.64. The van der Waals surface area contributed by atoms with Crippen molar-refractivity contribution in [3.63, 3.8) is 0 Å².